The molecule has 0 radical (unpaired) electrons. The van der Waals surface area contributed by atoms with Crippen LogP contribution in [0.4, 0.5) is 9.59 Å². The van der Waals surface area contributed by atoms with Crippen LogP contribution in [-0.2, 0) is 9.53 Å². The number of nitrogens with two attached hydrogens (primary N) is 1. The SMILES string of the molecule is CC(C)(C)OC(=O)N[C@@H](CCCCNC(N)=O)C(=O)O. The first-order valence-electron chi connectivity index (χ1n) is 6.37. The third-order valence-electron chi connectivity index (χ3n) is 2.21. The summed E-state index contributed by atoms with van der Waals surface area (Å²) >= 11 is 0. The molecular formula is C12H23N3O5. The Bertz CT molecular complexity index is 351. The van der Waals surface area contributed by atoms with E-state index < -0.39 is 29.7 Å². The Hall–Kier alpha value is -1.99. The first kappa shape index (κ1) is 18.0. The highest BCUT2D eigenvalue weighted by Gasteiger charge is 2.23. The van der Waals surface area contributed by atoms with Gasteiger partial charge in [0, 0.05) is 6.54 Å². The number of hydrogen-bond acceptors (Lipinski definition) is 4. The Labute approximate surface area is 118 Å². The average molecular weight is 289 g/mol. The monoisotopic (exact) mass is 289 g/mol. The van der Waals surface area contributed by atoms with Gasteiger partial charge in [0.2, 0.25) is 0 Å². The van der Waals surface area contributed by atoms with E-state index in [0.717, 1.165) is 0 Å². The fourth-order valence-corrected chi connectivity index (χ4v) is 1.39. The topological polar surface area (TPSA) is 131 Å². The lowest BCUT2D eigenvalue weighted by molar-refractivity contribution is -0.139. The van der Waals surface area contributed by atoms with E-state index in [-0.39, 0.29) is 6.42 Å². The Morgan fingerprint density at radius 3 is 2.30 bits per heavy atom. The molecule has 0 aliphatic carbocycles. The summed E-state index contributed by atoms with van der Waals surface area (Å²) in [5.74, 6) is -1.13. The van der Waals surface area contributed by atoms with Crippen molar-refractivity contribution in [3.63, 3.8) is 0 Å². The van der Waals surface area contributed by atoms with Gasteiger partial charge in [0.15, 0.2) is 0 Å². The number of carboxylic acid groups (broad SMARTS) is 1. The summed E-state index contributed by atoms with van der Waals surface area (Å²) in [6, 6.07) is -1.63. The van der Waals surface area contributed by atoms with Crippen molar-refractivity contribution in [3.05, 3.63) is 0 Å². The molecule has 0 aromatic rings. The molecule has 1 atom stereocenters. The number of urea groups is 1. The molecule has 0 saturated heterocycles. The van der Waals surface area contributed by atoms with Gasteiger partial charge in [-0.15, -0.1) is 0 Å². The molecule has 0 rings (SSSR count). The molecule has 0 spiro atoms. The predicted molar refractivity (Wildman–Crippen MR) is 72.2 cm³/mol. The van der Waals surface area contributed by atoms with Crippen molar-refractivity contribution in [1.82, 2.24) is 10.6 Å². The zero-order valence-electron chi connectivity index (χ0n) is 12.1. The number of alkyl carbamates (subject to hydrolysis) is 1. The van der Waals surface area contributed by atoms with Crippen LogP contribution < -0.4 is 16.4 Å². The molecule has 0 aromatic carbocycles. The highest BCUT2D eigenvalue weighted by molar-refractivity contribution is 5.79. The molecule has 8 heteroatoms. The van der Waals surface area contributed by atoms with Crippen LogP contribution in [-0.4, -0.2) is 41.4 Å². The summed E-state index contributed by atoms with van der Waals surface area (Å²) in [5, 5.41) is 13.7. The number of carbonyl (C=O) groups is 3. The van der Waals surface area contributed by atoms with E-state index in [4.69, 9.17) is 15.6 Å². The molecule has 0 saturated carbocycles. The first-order chi connectivity index (χ1) is 9.11. The number of hydrogen-bond donors (Lipinski definition) is 4. The lowest BCUT2D eigenvalue weighted by atomic mass is 10.1. The average Bonchev–Trinajstić information content (AvgIpc) is 2.23. The molecule has 3 amide bonds. The number of rotatable bonds is 7. The fourth-order valence-electron chi connectivity index (χ4n) is 1.39. The molecule has 0 fully saturated rings. The van der Waals surface area contributed by atoms with Crippen LogP contribution in [0.1, 0.15) is 40.0 Å². The maximum atomic E-state index is 11.5. The van der Waals surface area contributed by atoms with Crippen LogP contribution in [0.5, 0.6) is 0 Å². The zero-order chi connectivity index (χ0) is 15.8. The second-order valence-corrected chi connectivity index (χ2v) is 5.32. The van der Waals surface area contributed by atoms with Crippen molar-refractivity contribution >= 4 is 18.1 Å². The quantitative estimate of drug-likeness (QED) is 0.515. The van der Waals surface area contributed by atoms with Crippen molar-refractivity contribution < 1.29 is 24.2 Å². The highest BCUT2D eigenvalue weighted by Crippen LogP contribution is 2.08. The highest BCUT2D eigenvalue weighted by atomic mass is 16.6. The van der Waals surface area contributed by atoms with Crippen LogP contribution in [0.15, 0.2) is 0 Å². The molecule has 0 bridgehead atoms. The Morgan fingerprint density at radius 2 is 1.85 bits per heavy atom. The fraction of sp³-hybridized carbons (Fsp3) is 0.750. The predicted octanol–water partition coefficient (Wildman–Crippen LogP) is 0.803. The molecule has 0 aliphatic heterocycles. The smallest absolute Gasteiger partial charge is 0.408 e. The number of aliphatic carboxylic acids is 1. The van der Waals surface area contributed by atoms with Gasteiger partial charge in [-0.2, -0.15) is 0 Å². The number of carboxylic acids is 1. The molecule has 0 aliphatic rings. The minimum Gasteiger partial charge on any atom is -0.480 e. The lowest BCUT2D eigenvalue weighted by Crippen LogP contribution is -2.43. The minimum absolute atomic E-state index is 0.245. The summed E-state index contributed by atoms with van der Waals surface area (Å²) in [6.45, 7) is 5.45. The maximum Gasteiger partial charge on any atom is 0.408 e. The first-order valence-corrected chi connectivity index (χ1v) is 6.37. The summed E-state index contributed by atoms with van der Waals surface area (Å²) in [6.07, 6.45) is 0.574. The van der Waals surface area contributed by atoms with Gasteiger partial charge in [0.1, 0.15) is 11.6 Å². The molecule has 8 nitrogen and oxygen atoms in total. The zero-order valence-corrected chi connectivity index (χ0v) is 12.1. The van der Waals surface area contributed by atoms with Crippen molar-refractivity contribution in [2.45, 2.75) is 51.7 Å². The van der Waals surface area contributed by atoms with Crippen LogP contribution in [0.2, 0.25) is 0 Å². The normalized spacial score (nSPS) is 12.3. The number of nitrogens with one attached hydrogen (secondary N) is 2. The summed E-state index contributed by atoms with van der Waals surface area (Å²) in [5.41, 5.74) is 4.21. The number of primary amides is 1. The van der Waals surface area contributed by atoms with E-state index in [1.165, 1.54) is 0 Å². The molecule has 20 heavy (non-hydrogen) atoms. The Kier molecular flexibility index (Phi) is 7.42. The van der Waals surface area contributed by atoms with E-state index in [0.29, 0.717) is 19.4 Å². The number of unbranched alkanes of at least 4 members (excludes halogenated alkanes) is 1. The number of carbonyl (C=O) groups excluding carboxylic acids is 2. The van der Waals surface area contributed by atoms with E-state index in [9.17, 15) is 14.4 Å². The van der Waals surface area contributed by atoms with Crippen molar-refractivity contribution in [2.75, 3.05) is 6.54 Å². The third kappa shape index (κ3) is 9.98. The number of amides is 3. The largest absolute Gasteiger partial charge is 0.480 e. The van der Waals surface area contributed by atoms with E-state index in [1.54, 1.807) is 20.8 Å². The second kappa shape index (κ2) is 8.23. The molecule has 5 N–H and O–H groups in total. The standard InChI is InChI=1S/C12H23N3O5/c1-12(2,3)20-11(19)15-8(9(16)17)6-4-5-7-14-10(13)18/h8H,4-7H2,1-3H3,(H,15,19)(H,16,17)(H3,13,14,18)/t8-/m0/s1. The van der Waals surface area contributed by atoms with Crippen LogP contribution in [0.25, 0.3) is 0 Å². The van der Waals surface area contributed by atoms with Crippen molar-refractivity contribution in [1.29, 1.82) is 0 Å². The summed E-state index contributed by atoms with van der Waals surface area (Å²) < 4.78 is 4.99. The van der Waals surface area contributed by atoms with E-state index in [2.05, 4.69) is 10.6 Å². The maximum absolute atomic E-state index is 11.5. The third-order valence-corrected chi connectivity index (χ3v) is 2.21. The van der Waals surface area contributed by atoms with E-state index in [1.807, 2.05) is 0 Å². The second-order valence-electron chi connectivity index (χ2n) is 5.32. The number of ether oxygens (including phenoxy) is 1. The van der Waals surface area contributed by atoms with Crippen LogP contribution >= 0.6 is 0 Å². The molecule has 0 unspecified atom stereocenters. The molecule has 0 heterocycles. The van der Waals surface area contributed by atoms with Gasteiger partial charge < -0.3 is 26.2 Å². The minimum atomic E-state index is -1.13. The molecular weight excluding hydrogens is 266 g/mol. The van der Waals surface area contributed by atoms with Gasteiger partial charge in [-0.3, -0.25) is 0 Å². The van der Waals surface area contributed by atoms with E-state index >= 15 is 0 Å². The van der Waals surface area contributed by atoms with Crippen molar-refractivity contribution in [2.24, 2.45) is 5.73 Å². The van der Waals surface area contributed by atoms with Crippen LogP contribution in [0.3, 0.4) is 0 Å². The van der Waals surface area contributed by atoms with Crippen molar-refractivity contribution in [3.8, 4) is 0 Å². The van der Waals surface area contributed by atoms with Gasteiger partial charge >= 0.3 is 18.1 Å². The van der Waals surface area contributed by atoms with Gasteiger partial charge in [-0.05, 0) is 40.0 Å². The van der Waals surface area contributed by atoms with Gasteiger partial charge in [0.25, 0.3) is 0 Å². The van der Waals surface area contributed by atoms with Gasteiger partial charge in [-0.1, -0.05) is 0 Å². The lowest BCUT2D eigenvalue weighted by Gasteiger charge is -2.22. The molecule has 116 valence electrons. The van der Waals surface area contributed by atoms with Crippen LogP contribution in [0, 0.1) is 0 Å². The van der Waals surface area contributed by atoms with Gasteiger partial charge in [-0.25, -0.2) is 14.4 Å². The summed E-state index contributed by atoms with van der Waals surface area (Å²) in [7, 11) is 0. The Morgan fingerprint density at radius 1 is 1.25 bits per heavy atom. The Balaban J connectivity index is 4.08. The summed E-state index contributed by atoms with van der Waals surface area (Å²) in [4.78, 5) is 32.9. The van der Waals surface area contributed by atoms with Gasteiger partial charge in [0.05, 0.1) is 0 Å². The molecule has 0 aromatic heterocycles.